The third kappa shape index (κ3) is 2.32. The smallest absolute Gasteiger partial charge is 0.116 e. The predicted molar refractivity (Wildman–Crippen MR) is 70.0 cm³/mol. The number of phenols is 1. The minimum absolute atomic E-state index is 0.307. The summed E-state index contributed by atoms with van der Waals surface area (Å²) >= 11 is 0. The van der Waals surface area contributed by atoms with Crippen LogP contribution in [0.2, 0.25) is 0 Å². The minimum Gasteiger partial charge on any atom is -0.508 e. The molecule has 0 fully saturated rings. The van der Waals surface area contributed by atoms with Crippen LogP contribution in [0.3, 0.4) is 0 Å². The summed E-state index contributed by atoms with van der Waals surface area (Å²) in [6.07, 6.45) is 0.703. The lowest BCUT2D eigenvalue weighted by molar-refractivity contribution is 0.475. The van der Waals surface area contributed by atoms with Gasteiger partial charge in [0.2, 0.25) is 0 Å². The maximum atomic E-state index is 9.27. The Balaban J connectivity index is 2.33. The summed E-state index contributed by atoms with van der Waals surface area (Å²) in [7, 11) is -1.28. The molecule has 0 aromatic heterocycles. The van der Waals surface area contributed by atoms with Crippen molar-refractivity contribution in [2.45, 2.75) is 0 Å². The van der Waals surface area contributed by atoms with Crippen LogP contribution in [0.5, 0.6) is 5.75 Å². The highest BCUT2D eigenvalue weighted by atomic mass is 28.3. The Labute approximate surface area is 97.0 Å². The van der Waals surface area contributed by atoms with Crippen molar-refractivity contribution in [2.24, 2.45) is 5.73 Å². The Morgan fingerprint density at radius 1 is 0.875 bits per heavy atom. The third-order valence-electron chi connectivity index (χ3n) is 2.73. The van der Waals surface area contributed by atoms with Crippen LogP contribution in [0.1, 0.15) is 0 Å². The molecule has 0 radical (unpaired) electrons. The molecule has 16 heavy (non-hydrogen) atoms. The van der Waals surface area contributed by atoms with Crippen LogP contribution < -0.4 is 16.1 Å². The zero-order chi connectivity index (χ0) is 11.4. The minimum atomic E-state index is -1.28. The van der Waals surface area contributed by atoms with E-state index in [-0.39, 0.29) is 0 Å². The molecule has 1 atom stereocenters. The van der Waals surface area contributed by atoms with E-state index in [0.717, 1.165) is 0 Å². The fraction of sp³-hybridized carbons (Fsp3) is 0.0769. The zero-order valence-corrected chi connectivity index (χ0v) is 10.2. The molecule has 2 aromatic rings. The van der Waals surface area contributed by atoms with Crippen LogP contribution in [0.25, 0.3) is 0 Å². The fourth-order valence-corrected chi connectivity index (χ4v) is 4.13. The van der Waals surface area contributed by atoms with Crippen molar-refractivity contribution >= 4 is 19.2 Å². The van der Waals surface area contributed by atoms with Gasteiger partial charge in [-0.25, -0.2) is 0 Å². The number of benzene rings is 2. The van der Waals surface area contributed by atoms with Crippen molar-refractivity contribution in [2.75, 3.05) is 6.17 Å². The Bertz CT molecular complexity index is 441. The lowest BCUT2D eigenvalue weighted by atomic mass is 10.3. The maximum Gasteiger partial charge on any atom is 0.116 e. The van der Waals surface area contributed by atoms with E-state index in [1.165, 1.54) is 10.4 Å². The largest absolute Gasteiger partial charge is 0.508 e. The van der Waals surface area contributed by atoms with Gasteiger partial charge in [-0.1, -0.05) is 52.8 Å². The molecule has 0 amide bonds. The van der Waals surface area contributed by atoms with Crippen molar-refractivity contribution in [3.8, 4) is 5.75 Å². The third-order valence-corrected chi connectivity index (χ3v) is 5.58. The molecule has 3 heteroatoms. The molecule has 0 aliphatic rings. The van der Waals surface area contributed by atoms with Crippen LogP contribution in [-0.4, -0.2) is 20.1 Å². The number of phenolic OH excluding ortho intramolecular Hbond substituents is 1. The number of hydrogen-bond acceptors (Lipinski definition) is 2. The Morgan fingerprint density at radius 2 is 1.44 bits per heavy atom. The van der Waals surface area contributed by atoms with Gasteiger partial charge in [-0.2, -0.15) is 0 Å². The first-order valence-corrected chi connectivity index (χ1v) is 7.32. The van der Waals surface area contributed by atoms with E-state index >= 15 is 0 Å². The topological polar surface area (TPSA) is 46.2 Å². The number of nitrogens with two attached hydrogens (primary N) is 1. The first-order valence-electron chi connectivity index (χ1n) is 5.35. The van der Waals surface area contributed by atoms with E-state index in [9.17, 15) is 5.11 Å². The summed E-state index contributed by atoms with van der Waals surface area (Å²) in [5, 5.41) is 11.9. The van der Waals surface area contributed by atoms with Crippen molar-refractivity contribution in [3.63, 3.8) is 0 Å². The van der Waals surface area contributed by atoms with Crippen LogP contribution in [0.4, 0.5) is 0 Å². The number of hydrogen-bond donors (Lipinski definition) is 2. The first kappa shape index (κ1) is 10.9. The standard InChI is InChI=1S/C13H15NOSi/c14-10-16(12-4-2-1-3-5-12)13-8-6-11(15)7-9-13/h1-9,15-16H,10,14H2. The molecule has 1 unspecified atom stereocenters. The van der Waals surface area contributed by atoms with Gasteiger partial charge in [0, 0.05) is 0 Å². The molecule has 0 bridgehead atoms. The summed E-state index contributed by atoms with van der Waals surface area (Å²) in [4.78, 5) is 0. The van der Waals surface area contributed by atoms with E-state index in [4.69, 9.17) is 5.73 Å². The lowest BCUT2D eigenvalue weighted by Gasteiger charge is -2.13. The van der Waals surface area contributed by atoms with Gasteiger partial charge in [-0.3, -0.25) is 0 Å². The fourth-order valence-electron chi connectivity index (χ4n) is 1.86. The van der Waals surface area contributed by atoms with Crippen LogP contribution in [-0.2, 0) is 0 Å². The molecule has 0 saturated heterocycles. The Hall–Kier alpha value is -1.58. The second-order valence-corrected chi connectivity index (χ2v) is 6.70. The monoisotopic (exact) mass is 229 g/mol. The second-order valence-electron chi connectivity index (χ2n) is 3.79. The van der Waals surface area contributed by atoms with Crippen LogP contribution in [0, 0.1) is 0 Å². The SMILES string of the molecule is NC[SiH](c1ccccc1)c1ccc(O)cc1. The van der Waals surface area contributed by atoms with Gasteiger partial charge in [0.25, 0.3) is 0 Å². The Kier molecular flexibility index (Phi) is 3.39. The van der Waals surface area contributed by atoms with Gasteiger partial charge < -0.3 is 10.8 Å². The summed E-state index contributed by atoms with van der Waals surface area (Å²) in [6, 6.07) is 17.8. The highest BCUT2D eigenvalue weighted by molar-refractivity contribution is 6.85. The second kappa shape index (κ2) is 4.96. The quantitative estimate of drug-likeness (QED) is 0.740. The molecule has 82 valence electrons. The molecule has 0 aliphatic carbocycles. The zero-order valence-electron chi connectivity index (χ0n) is 9.01. The summed E-state index contributed by atoms with van der Waals surface area (Å²) in [5.74, 6) is 0.307. The molecular weight excluding hydrogens is 214 g/mol. The summed E-state index contributed by atoms with van der Waals surface area (Å²) in [5.41, 5.74) is 5.87. The van der Waals surface area contributed by atoms with Crippen molar-refractivity contribution in [1.82, 2.24) is 0 Å². The van der Waals surface area contributed by atoms with Gasteiger partial charge in [0.05, 0.1) is 0 Å². The van der Waals surface area contributed by atoms with E-state index in [1.54, 1.807) is 12.1 Å². The summed E-state index contributed by atoms with van der Waals surface area (Å²) in [6.45, 7) is 0. The van der Waals surface area contributed by atoms with Crippen molar-refractivity contribution in [3.05, 3.63) is 54.6 Å². The molecule has 2 aromatic carbocycles. The average Bonchev–Trinajstić information content (AvgIpc) is 2.34. The van der Waals surface area contributed by atoms with Crippen LogP contribution in [0.15, 0.2) is 54.6 Å². The number of rotatable bonds is 3. The maximum absolute atomic E-state index is 9.27. The van der Waals surface area contributed by atoms with Gasteiger partial charge in [0.15, 0.2) is 0 Å². The van der Waals surface area contributed by atoms with Crippen molar-refractivity contribution in [1.29, 1.82) is 0 Å². The molecule has 0 spiro atoms. The van der Waals surface area contributed by atoms with E-state index in [1.807, 2.05) is 30.3 Å². The van der Waals surface area contributed by atoms with E-state index in [0.29, 0.717) is 11.9 Å². The highest BCUT2D eigenvalue weighted by Crippen LogP contribution is 2.03. The van der Waals surface area contributed by atoms with Crippen LogP contribution >= 0.6 is 0 Å². The normalized spacial score (nSPS) is 12.3. The molecule has 2 nitrogen and oxygen atoms in total. The van der Waals surface area contributed by atoms with Gasteiger partial charge in [-0.15, -0.1) is 0 Å². The van der Waals surface area contributed by atoms with Gasteiger partial charge >= 0.3 is 0 Å². The van der Waals surface area contributed by atoms with Gasteiger partial charge in [-0.05, 0) is 18.3 Å². The van der Waals surface area contributed by atoms with E-state index < -0.39 is 8.80 Å². The van der Waals surface area contributed by atoms with Crippen molar-refractivity contribution < 1.29 is 5.11 Å². The van der Waals surface area contributed by atoms with Gasteiger partial charge in [0.1, 0.15) is 14.5 Å². The molecular formula is C13H15NOSi. The van der Waals surface area contributed by atoms with E-state index in [2.05, 4.69) is 12.1 Å². The highest BCUT2D eigenvalue weighted by Gasteiger charge is 2.13. The molecule has 2 rings (SSSR count). The average molecular weight is 229 g/mol. The molecule has 0 saturated carbocycles. The first-order chi connectivity index (χ1) is 7.81. The molecule has 0 heterocycles. The Morgan fingerprint density at radius 3 is 2.00 bits per heavy atom. The predicted octanol–water partition coefficient (Wildman–Crippen LogP) is 0.231. The summed E-state index contributed by atoms with van der Waals surface area (Å²) < 4.78 is 0. The molecule has 3 N–H and O–H groups in total. The lowest BCUT2D eigenvalue weighted by Crippen LogP contribution is -2.48. The number of aromatic hydroxyl groups is 1. The molecule has 0 aliphatic heterocycles.